The van der Waals surface area contributed by atoms with Gasteiger partial charge in [-0.05, 0) is 30.4 Å². The number of allylic oxidation sites excluding steroid dienone is 1. The van der Waals surface area contributed by atoms with Crippen molar-refractivity contribution in [3.05, 3.63) is 46.9 Å². The molecular weight excluding hydrogens is 362 g/mol. The van der Waals surface area contributed by atoms with Crippen LogP contribution in [-0.2, 0) is 16.1 Å². The fourth-order valence-corrected chi connectivity index (χ4v) is 4.00. The van der Waals surface area contributed by atoms with Gasteiger partial charge in [0.25, 0.3) is 5.91 Å². The number of hydrogen-bond acceptors (Lipinski definition) is 4. The minimum Gasteiger partial charge on any atom is -0.349 e. The topological polar surface area (TPSA) is 69.5 Å². The van der Waals surface area contributed by atoms with Crippen LogP contribution in [0.3, 0.4) is 0 Å². The molecule has 2 heterocycles. The van der Waals surface area contributed by atoms with Crippen LogP contribution in [0.1, 0.15) is 30.9 Å². The smallest absolute Gasteiger partial charge is 0.349 e. The van der Waals surface area contributed by atoms with E-state index in [-0.39, 0.29) is 18.4 Å². The highest BCUT2D eigenvalue weighted by Gasteiger charge is 2.48. The van der Waals surface area contributed by atoms with Crippen molar-refractivity contribution in [2.45, 2.75) is 38.5 Å². The van der Waals surface area contributed by atoms with Crippen molar-refractivity contribution in [2.75, 3.05) is 13.1 Å². The lowest BCUT2D eigenvalue weighted by Crippen LogP contribution is -2.56. The normalized spacial score (nSPS) is 18.9. The lowest BCUT2D eigenvalue weighted by atomic mass is 10.1. The Morgan fingerprint density at radius 1 is 1.26 bits per heavy atom. The van der Waals surface area contributed by atoms with E-state index in [1.807, 2.05) is 43.5 Å². The van der Waals surface area contributed by atoms with E-state index in [2.05, 4.69) is 5.32 Å². The number of carbonyl (C=O) groups is 3. The molecule has 1 unspecified atom stereocenters. The number of urea groups is 1. The molecule has 142 valence electrons. The fraction of sp³-hybridized carbons (Fsp3) is 0.400. The molecule has 7 heteroatoms. The molecule has 0 radical (unpaired) electrons. The lowest BCUT2D eigenvalue weighted by Gasteiger charge is -2.24. The number of carbonyl (C=O) groups excluding carboxylic acids is 3. The van der Waals surface area contributed by atoms with E-state index in [0.29, 0.717) is 18.8 Å². The summed E-state index contributed by atoms with van der Waals surface area (Å²) in [4.78, 5) is 39.1. The summed E-state index contributed by atoms with van der Waals surface area (Å²) >= 11 is 1.38. The van der Waals surface area contributed by atoms with Crippen molar-refractivity contribution in [1.82, 2.24) is 10.2 Å². The first-order valence-corrected chi connectivity index (χ1v) is 10.1. The lowest BCUT2D eigenvalue weighted by molar-refractivity contribution is -0.426. The number of thioether (sulfide) groups is 1. The van der Waals surface area contributed by atoms with Gasteiger partial charge in [-0.1, -0.05) is 43.2 Å². The maximum atomic E-state index is 12.8. The van der Waals surface area contributed by atoms with Gasteiger partial charge < -0.3 is 5.32 Å². The molecular formula is C20H24N3O3S+. The Hall–Kier alpha value is -2.41. The number of fused-ring (bicyclic) bond motifs is 1. The molecule has 1 aromatic carbocycles. The summed E-state index contributed by atoms with van der Waals surface area (Å²) in [5, 5.41) is 4.24. The van der Waals surface area contributed by atoms with E-state index in [4.69, 9.17) is 0 Å². The molecule has 0 spiro atoms. The van der Waals surface area contributed by atoms with Crippen LogP contribution in [0, 0.1) is 6.92 Å². The number of rotatable bonds is 7. The van der Waals surface area contributed by atoms with Crippen molar-refractivity contribution >= 4 is 35.3 Å². The van der Waals surface area contributed by atoms with Crippen LogP contribution < -0.4 is 5.32 Å². The highest BCUT2D eigenvalue weighted by molar-refractivity contribution is 8.04. The summed E-state index contributed by atoms with van der Waals surface area (Å²) in [6.45, 7) is 4.73. The van der Waals surface area contributed by atoms with Crippen LogP contribution in [0.2, 0.25) is 0 Å². The molecule has 1 aromatic rings. The third kappa shape index (κ3) is 4.30. The van der Waals surface area contributed by atoms with Crippen molar-refractivity contribution < 1.29 is 19.0 Å². The number of amides is 4. The molecule has 6 nitrogen and oxygen atoms in total. The average Bonchev–Trinajstić information content (AvgIpc) is 3.14. The third-order valence-corrected chi connectivity index (χ3v) is 5.64. The molecule has 2 aliphatic rings. The zero-order valence-corrected chi connectivity index (χ0v) is 16.4. The Kier molecular flexibility index (Phi) is 6.11. The van der Waals surface area contributed by atoms with Crippen LogP contribution in [0.15, 0.2) is 35.7 Å². The average molecular weight is 386 g/mol. The molecule has 0 fully saturated rings. The van der Waals surface area contributed by atoms with Crippen molar-refractivity contribution in [3.8, 4) is 0 Å². The largest absolute Gasteiger partial charge is 0.501 e. The van der Waals surface area contributed by atoms with Gasteiger partial charge in [0, 0.05) is 6.54 Å². The maximum Gasteiger partial charge on any atom is 0.501 e. The second kappa shape index (κ2) is 8.52. The molecule has 0 aliphatic carbocycles. The van der Waals surface area contributed by atoms with Gasteiger partial charge in [0.1, 0.15) is 5.71 Å². The second-order valence-electron chi connectivity index (χ2n) is 6.72. The minimum absolute atomic E-state index is 0.0860. The first kappa shape index (κ1) is 19.4. The molecule has 27 heavy (non-hydrogen) atoms. The number of unbranched alkanes of at least 4 members (excludes halogenated alkanes) is 1. The quantitative estimate of drug-likeness (QED) is 0.731. The van der Waals surface area contributed by atoms with Crippen LogP contribution in [0.5, 0.6) is 0 Å². The molecule has 0 aromatic heterocycles. The molecule has 2 aliphatic heterocycles. The van der Waals surface area contributed by atoms with Gasteiger partial charge in [-0.15, -0.1) is 11.8 Å². The Morgan fingerprint density at radius 2 is 2.00 bits per heavy atom. The number of aryl methyl sites for hydroxylation is 1. The highest BCUT2D eigenvalue weighted by atomic mass is 32.2. The monoisotopic (exact) mass is 386 g/mol. The summed E-state index contributed by atoms with van der Waals surface area (Å²) in [7, 11) is 0. The Bertz CT molecular complexity index is 814. The summed E-state index contributed by atoms with van der Waals surface area (Å²) < 4.78 is 1.43. The van der Waals surface area contributed by atoms with E-state index in [1.165, 1.54) is 21.2 Å². The van der Waals surface area contributed by atoms with Crippen LogP contribution in [0.4, 0.5) is 4.79 Å². The molecule has 0 bridgehead atoms. The minimum atomic E-state index is -0.426. The Balaban J connectivity index is 1.71. The summed E-state index contributed by atoms with van der Waals surface area (Å²) in [5.74, 6) is -0.431. The Labute approximate surface area is 163 Å². The first-order chi connectivity index (χ1) is 13.0. The second-order valence-corrected chi connectivity index (χ2v) is 7.73. The molecule has 3 rings (SSSR count). The van der Waals surface area contributed by atoms with Gasteiger partial charge in [-0.2, -0.15) is 14.3 Å². The molecule has 0 saturated carbocycles. The van der Waals surface area contributed by atoms with Crippen LogP contribution >= 0.6 is 11.8 Å². The predicted octanol–water partition coefficient (Wildman–Crippen LogP) is 2.46. The van der Waals surface area contributed by atoms with Crippen molar-refractivity contribution in [2.24, 2.45) is 0 Å². The van der Waals surface area contributed by atoms with Gasteiger partial charge >= 0.3 is 11.9 Å². The van der Waals surface area contributed by atoms with Crippen molar-refractivity contribution in [3.63, 3.8) is 0 Å². The number of imide groups is 1. The maximum absolute atomic E-state index is 12.8. The van der Waals surface area contributed by atoms with Crippen LogP contribution in [-0.4, -0.2) is 51.4 Å². The Morgan fingerprint density at radius 3 is 2.70 bits per heavy atom. The predicted molar refractivity (Wildman–Crippen MR) is 106 cm³/mol. The number of nitrogens with one attached hydrogen (secondary N) is 1. The molecule has 1 N–H and O–H groups in total. The summed E-state index contributed by atoms with van der Waals surface area (Å²) in [5.41, 5.74) is 2.77. The number of nitrogens with zero attached hydrogens (tertiary/aromatic N) is 2. The number of hydrogen-bond donors (Lipinski definition) is 1. The van der Waals surface area contributed by atoms with E-state index in [1.54, 1.807) is 6.08 Å². The standard InChI is InChI=1S/C20H23N3O3S/c1-3-4-10-22-19(25)18-16(9-11-27-18)23(20(22)26)13-17(24)21-12-15-7-5-14(2)6-8-15/h5-9,11,18H,3-4,10,12-13H2,1-2H3/p+1. The molecule has 0 saturated heterocycles. The zero-order valence-electron chi connectivity index (χ0n) is 15.6. The van der Waals surface area contributed by atoms with Crippen LogP contribution in [0.25, 0.3) is 0 Å². The third-order valence-electron chi connectivity index (χ3n) is 4.63. The van der Waals surface area contributed by atoms with Gasteiger partial charge in [0.15, 0.2) is 11.8 Å². The van der Waals surface area contributed by atoms with Gasteiger partial charge in [0.05, 0.1) is 6.54 Å². The van der Waals surface area contributed by atoms with Gasteiger partial charge in [0.2, 0.25) is 0 Å². The number of benzene rings is 1. The van der Waals surface area contributed by atoms with E-state index < -0.39 is 11.3 Å². The summed E-state index contributed by atoms with van der Waals surface area (Å²) in [6, 6.07) is 7.52. The van der Waals surface area contributed by atoms with E-state index >= 15 is 0 Å². The SMILES string of the molecule is CCCCN1C(=O)C2SC=CC2=[N+](CC(=O)NCc2ccc(C)cc2)C1=O. The fourth-order valence-electron chi connectivity index (χ4n) is 3.04. The van der Waals surface area contributed by atoms with Gasteiger partial charge in [-0.3, -0.25) is 4.79 Å². The van der Waals surface area contributed by atoms with Crippen molar-refractivity contribution in [1.29, 1.82) is 0 Å². The zero-order chi connectivity index (χ0) is 19.4. The van der Waals surface area contributed by atoms with Gasteiger partial charge in [-0.25, -0.2) is 4.79 Å². The first-order valence-electron chi connectivity index (χ1n) is 9.15. The van der Waals surface area contributed by atoms with E-state index in [9.17, 15) is 14.4 Å². The van der Waals surface area contributed by atoms with E-state index in [0.717, 1.165) is 24.0 Å². The molecule has 4 amide bonds. The molecule has 1 atom stereocenters. The summed E-state index contributed by atoms with van der Waals surface area (Å²) in [6.07, 6.45) is 3.40. The highest BCUT2D eigenvalue weighted by Crippen LogP contribution is 2.27.